The number of halogens is 3. The topological polar surface area (TPSA) is 59.4 Å². The van der Waals surface area contributed by atoms with Crippen molar-refractivity contribution < 1.29 is 13.2 Å². The molecule has 0 aliphatic heterocycles. The molecule has 8 heteroatoms. The lowest BCUT2D eigenvalue weighted by molar-refractivity contribution is -0.141. The molecule has 1 N–H and O–H groups in total. The van der Waals surface area contributed by atoms with Crippen molar-refractivity contribution in [2.45, 2.75) is 32.4 Å². The van der Waals surface area contributed by atoms with Crippen LogP contribution in [-0.2, 0) is 11.6 Å². The molecule has 0 spiro atoms. The average Bonchev–Trinajstić information content (AvgIpc) is 3.16. The predicted octanol–water partition coefficient (Wildman–Crippen LogP) is 4.61. The average molecular weight is 359 g/mol. The van der Waals surface area contributed by atoms with E-state index in [1.54, 1.807) is 10.8 Å². The van der Waals surface area contributed by atoms with Crippen molar-refractivity contribution in [3.8, 4) is 5.69 Å². The summed E-state index contributed by atoms with van der Waals surface area (Å²) >= 11 is 0. The van der Waals surface area contributed by atoms with Crippen LogP contribution in [0.3, 0.4) is 0 Å². The Morgan fingerprint density at radius 3 is 2.46 bits per heavy atom. The SMILES string of the molecule is CC(C)(C)c1nc2ccc(C(F)(F)F)nc2n1-c1ccc2[nH]ncc2c1. The van der Waals surface area contributed by atoms with Crippen molar-refractivity contribution in [2.75, 3.05) is 0 Å². The van der Waals surface area contributed by atoms with Crippen LogP contribution in [-0.4, -0.2) is 24.7 Å². The minimum absolute atomic E-state index is 0.188. The zero-order valence-corrected chi connectivity index (χ0v) is 14.4. The fourth-order valence-electron chi connectivity index (χ4n) is 2.93. The van der Waals surface area contributed by atoms with Crippen LogP contribution in [0.2, 0.25) is 0 Å². The van der Waals surface area contributed by atoms with Gasteiger partial charge in [0, 0.05) is 16.5 Å². The summed E-state index contributed by atoms with van der Waals surface area (Å²) in [5.74, 6) is 0.641. The van der Waals surface area contributed by atoms with Gasteiger partial charge in [0.1, 0.15) is 17.0 Å². The van der Waals surface area contributed by atoms with Crippen molar-refractivity contribution in [2.24, 2.45) is 0 Å². The van der Waals surface area contributed by atoms with Gasteiger partial charge in [-0.2, -0.15) is 18.3 Å². The van der Waals surface area contributed by atoms with Gasteiger partial charge >= 0.3 is 6.18 Å². The highest BCUT2D eigenvalue weighted by molar-refractivity contribution is 5.82. The molecule has 0 saturated carbocycles. The molecule has 0 atom stereocenters. The Hall–Kier alpha value is -2.90. The van der Waals surface area contributed by atoms with Crippen LogP contribution in [0.4, 0.5) is 13.2 Å². The van der Waals surface area contributed by atoms with E-state index in [0.29, 0.717) is 17.0 Å². The molecule has 3 heterocycles. The molecule has 0 bridgehead atoms. The quantitative estimate of drug-likeness (QED) is 0.540. The maximum Gasteiger partial charge on any atom is 0.433 e. The van der Waals surface area contributed by atoms with Crippen LogP contribution in [0.25, 0.3) is 27.8 Å². The van der Waals surface area contributed by atoms with Crippen molar-refractivity contribution >= 4 is 22.1 Å². The second-order valence-electron chi connectivity index (χ2n) is 7.20. The molecule has 0 amide bonds. The first kappa shape index (κ1) is 16.6. The normalized spacial score (nSPS) is 13.0. The lowest BCUT2D eigenvalue weighted by Gasteiger charge is -2.20. The number of alkyl halides is 3. The van der Waals surface area contributed by atoms with Gasteiger partial charge in [0.2, 0.25) is 0 Å². The molecular formula is C18H16F3N5. The van der Waals surface area contributed by atoms with Gasteiger partial charge in [-0.1, -0.05) is 20.8 Å². The Morgan fingerprint density at radius 2 is 1.77 bits per heavy atom. The fourth-order valence-corrected chi connectivity index (χ4v) is 2.93. The van der Waals surface area contributed by atoms with Crippen LogP contribution >= 0.6 is 0 Å². The molecule has 5 nitrogen and oxygen atoms in total. The monoisotopic (exact) mass is 359 g/mol. The Kier molecular flexibility index (Phi) is 3.37. The molecule has 26 heavy (non-hydrogen) atoms. The third-order valence-corrected chi connectivity index (χ3v) is 4.15. The molecule has 0 unspecified atom stereocenters. The zero-order valence-electron chi connectivity index (χ0n) is 14.4. The lowest BCUT2D eigenvalue weighted by atomic mass is 9.95. The first-order valence-corrected chi connectivity index (χ1v) is 8.05. The maximum absolute atomic E-state index is 13.2. The Labute approximate surface area is 146 Å². The summed E-state index contributed by atoms with van der Waals surface area (Å²) in [6, 6.07) is 7.85. The second kappa shape index (κ2) is 5.30. The Morgan fingerprint density at radius 1 is 1.00 bits per heavy atom. The van der Waals surface area contributed by atoms with E-state index in [9.17, 15) is 13.2 Å². The van der Waals surface area contributed by atoms with E-state index in [4.69, 9.17) is 0 Å². The van der Waals surface area contributed by atoms with Gasteiger partial charge in [-0.15, -0.1) is 0 Å². The molecule has 3 aromatic heterocycles. The number of hydrogen-bond donors (Lipinski definition) is 1. The first-order chi connectivity index (χ1) is 12.1. The smallest absolute Gasteiger partial charge is 0.280 e. The van der Waals surface area contributed by atoms with Crippen LogP contribution in [0, 0.1) is 0 Å². The van der Waals surface area contributed by atoms with E-state index in [-0.39, 0.29) is 11.1 Å². The standard InChI is InChI=1S/C18H16F3N5/c1-17(2,3)16-23-13-6-7-14(18(19,20)21)24-15(13)26(16)11-4-5-12-10(8-11)9-22-25-12/h4-9H,1-3H3,(H,22,25). The third kappa shape index (κ3) is 2.61. The summed E-state index contributed by atoms with van der Waals surface area (Å²) in [4.78, 5) is 8.44. The minimum Gasteiger partial charge on any atom is -0.280 e. The molecule has 0 radical (unpaired) electrons. The minimum atomic E-state index is -4.51. The van der Waals surface area contributed by atoms with E-state index in [1.807, 2.05) is 39.0 Å². The molecule has 0 saturated heterocycles. The third-order valence-electron chi connectivity index (χ3n) is 4.15. The molecule has 4 rings (SSSR count). The van der Waals surface area contributed by atoms with E-state index >= 15 is 0 Å². The van der Waals surface area contributed by atoms with Gasteiger partial charge in [0.25, 0.3) is 0 Å². The number of rotatable bonds is 1. The molecular weight excluding hydrogens is 343 g/mol. The summed E-state index contributed by atoms with van der Waals surface area (Å²) in [5, 5.41) is 7.71. The van der Waals surface area contributed by atoms with Gasteiger partial charge < -0.3 is 0 Å². The summed E-state index contributed by atoms with van der Waals surface area (Å²) in [6.45, 7) is 5.89. The Balaban J connectivity index is 2.06. The summed E-state index contributed by atoms with van der Waals surface area (Å²) < 4.78 is 41.1. The van der Waals surface area contributed by atoms with Gasteiger partial charge in [0.15, 0.2) is 5.65 Å². The number of aromatic nitrogens is 5. The number of nitrogens with zero attached hydrogens (tertiary/aromatic N) is 4. The van der Waals surface area contributed by atoms with E-state index in [2.05, 4.69) is 20.2 Å². The lowest BCUT2D eigenvalue weighted by Crippen LogP contribution is -2.18. The highest BCUT2D eigenvalue weighted by atomic mass is 19.4. The fraction of sp³-hybridized carbons (Fsp3) is 0.278. The van der Waals surface area contributed by atoms with Crippen LogP contribution in [0.15, 0.2) is 36.5 Å². The second-order valence-corrected chi connectivity index (χ2v) is 7.20. The number of nitrogens with one attached hydrogen (secondary N) is 1. The number of hydrogen-bond acceptors (Lipinski definition) is 3. The van der Waals surface area contributed by atoms with Crippen molar-refractivity contribution in [3.63, 3.8) is 0 Å². The van der Waals surface area contributed by atoms with Gasteiger partial charge in [0.05, 0.1) is 11.7 Å². The number of benzene rings is 1. The molecule has 0 aliphatic rings. The molecule has 4 aromatic rings. The maximum atomic E-state index is 13.2. The van der Waals surface area contributed by atoms with E-state index in [1.165, 1.54) is 6.07 Å². The first-order valence-electron chi connectivity index (χ1n) is 8.05. The molecule has 0 fully saturated rings. The zero-order chi connectivity index (χ0) is 18.7. The van der Waals surface area contributed by atoms with Crippen molar-refractivity contribution in [3.05, 3.63) is 48.0 Å². The summed E-state index contributed by atoms with van der Waals surface area (Å²) in [7, 11) is 0. The van der Waals surface area contributed by atoms with Crippen LogP contribution < -0.4 is 0 Å². The van der Waals surface area contributed by atoms with Gasteiger partial charge in [-0.3, -0.25) is 9.67 Å². The van der Waals surface area contributed by atoms with E-state index < -0.39 is 11.9 Å². The molecule has 0 aliphatic carbocycles. The Bertz CT molecular complexity index is 1120. The van der Waals surface area contributed by atoms with E-state index in [0.717, 1.165) is 17.0 Å². The highest BCUT2D eigenvalue weighted by Gasteiger charge is 2.34. The van der Waals surface area contributed by atoms with Gasteiger partial charge in [-0.25, -0.2) is 9.97 Å². The number of imidazole rings is 1. The largest absolute Gasteiger partial charge is 0.433 e. The number of H-pyrrole nitrogens is 1. The summed E-state index contributed by atoms with van der Waals surface area (Å²) in [6.07, 6.45) is -2.84. The van der Waals surface area contributed by atoms with Gasteiger partial charge in [-0.05, 0) is 30.3 Å². The summed E-state index contributed by atoms with van der Waals surface area (Å²) in [5.41, 5.74) is 0.834. The van der Waals surface area contributed by atoms with Crippen LogP contribution in [0.1, 0.15) is 32.3 Å². The molecule has 134 valence electrons. The highest BCUT2D eigenvalue weighted by Crippen LogP contribution is 2.33. The van der Waals surface area contributed by atoms with Crippen LogP contribution in [0.5, 0.6) is 0 Å². The van der Waals surface area contributed by atoms with Crippen molar-refractivity contribution in [1.82, 2.24) is 24.7 Å². The van der Waals surface area contributed by atoms with Crippen molar-refractivity contribution in [1.29, 1.82) is 0 Å². The molecule has 1 aromatic carbocycles. The number of pyridine rings is 1. The number of fused-ring (bicyclic) bond motifs is 2. The number of aromatic amines is 1. The predicted molar refractivity (Wildman–Crippen MR) is 92.2 cm³/mol.